The van der Waals surface area contributed by atoms with Gasteiger partial charge < -0.3 is 10.7 Å². The number of fused-ring (bicyclic) bond motifs is 2. The Balaban J connectivity index is 2.14. The summed E-state index contributed by atoms with van der Waals surface area (Å²) in [5.74, 6) is 0.537. The maximum absolute atomic E-state index is 6.06. The Labute approximate surface area is 107 Å². The summed E-state index contributed by atoms with van der Waals surface area (Å²) in [5, 5.41) is 5.29. The first kappa shape index (κ1) is 10.1. The zero-order valence-corrected chi connectivity index (χ0v) is 9.91. The van der Waals surface area contributed by atoms with Crippen LogP contribution < -0.4 is 5.73 Å². The molecule has 0 amide bonds. The second kappa shape index (κ2) is 3.55. The van der Waals surface area contributed by atoms with E-state index in [4.69, 9.17) is 5.73 Å². The van der Waals surface area contributed by atoms with E-state index in [1.165, 1.54) is 6.33 Å². The Hall–Kier alpha value is -2.89. The number of para-hydroxylation sites is 1. The summed E-state index contributed by atoms with van der Waals surface area (Å²) in [6, 6.07) is 8.05. The molecule has 0 aliphatic carbocycles. The van der Waals surface area contributed by atoms with Gasteiger partial charge in [0.25, 0.3) is 5.78 Å². The van der Waals surface area contributed by atoms with Gasteiger partial charge in [-0.1, -0.05) is 18.2 Å². The van der Waals surface area contributed by atoms with Gasteiger partial charge in [0.2, 0.25) is 0 Å². The summed E-state index contributed by atoms with van der Waals surface area (Å²) in [5.41, 5.74) is 9.49. The average molecular weight is 250 g/mol. The Morgan fingerprint density at radius 2 is 2.05 bits per heavy atom. The first-order chi connectivity index (χ1) is 9.34. The fraction of sp³-hybridized carbons (Fsp3) is 0. The van der Waals surface area contributed by atoms with Crippen LogP contribution in [0.15, 0.2) is 43.0 Å². The number of H-pyrrole nitrogens is 1. The number of nitrogens with two attached hydrogens (primary N) is 1. The van der Waals surface area contributed by atoms with Crippen molar-refractivity contribution in [2.45, 2.75) is 0 Å². The van der Waals surface area contributed by atoms with Gasteiger partial charge in [0.05, 0.1) is 11.9 Å². The number of anilines is 1. The third-order valence-corrected chi connectivity index (χ3v) is 3.18. The molecular formula is C13H10N6. The van der Waals surface area contributed by atoms with E-state index in [1.54, 1.807) is 10.7 Å². The second-order valence-corrected chi connectivity index (χ2v) is 4.28. The molecule has 6 heteroatoms. The van der Waals surface area contributed by atoms with E-state index < -0.39 is 0 Å². The quantitative estimate of drug-likeness (QED) is 0.540. The molecule has 0 saturated carbocycles. The average Bonchev–Trinajstić information content (AvgIpc) is 3.05. The number of aromatic amines is 1. The molecule has 4 rings (SSSR count). The molecule has 1 aromatic carbocycles. The van der Waals surface area contributed by atoms with E-state index in [9.17, 15) is 0 Å². The van der Waals surface area contributed by atoms with Crippen LogP contribution >= 0.6 is 0 Å². The summed E-state index contributed by atoms with van der Waals surface area (Å²) < 4.78 is 1.66. The molecule has 0 fully saturated rings. The number of aromatic nitrogens is 5. The largest absolute Gasteiger partial charge is 0.396 e. The van der Waals surface area contributed by atoms with E-state index in [-0.39, 0.29) is 0 Å². The van der Waals surface area contributed by atoms with E-state index >= 15 is 0 Å². The number of nitrogens with one attached hydrogen (secondary N) is 1. The summed E-state index contributed by atoms with van der Waals surface area (Å²) >= 11 is 0. The third-order valence-electron chi connectivity index (χ3n) is 3.18. The molecule has 0 aliphatic heterocycles. The van der Waals surface area contributed by atoms with Gasteiger partial charge in [-0.05, 0) is 6.07 Å². The van der Waals surface area contributed by atoms with Crippen LogP contribution in [0, 0.1) is 0 Å². The fourth-order valence-electron chi connectivity index (χ4n) is 2.33. The lowest BCUT2D eigenvalue weighted by Gasteiger charge is -2.05. The number of rotatable bonds is 1. The van der Waals surface area contributed by atoms with Gasteiger partial charge in [0, 0.05) is 22.7 Å². The van der Waals surface area contributed by atoms with Gasteiger partial charge in [0.1, 0.15) is 12.0 Å². The van der Waals surface area contributed by atoms with Crippen molar-refractivity contribution >= 4 is 22.4 Å². The lowest BCUT2D eigenvalue weighted by molar-refractivity contribution is 0.951. The highest BCUT2D eigenvalue weighted by Gasteiger charge is 2.14. The van der Waals surface area contributed by atoms with Crippen molar-refractivity contribution in [2.24, 2.45) is 0 Å². The van der Waals surface area contributed by atoms with E-state index in [0.717, 1.165) is 22.2 Å². The zero-order valence-electron chi connectivity index (χ0n) is 9.91. The molecule has 0 radical (unpaired) electrons. The van der Waals surface area contributed by atoms with Crippen LogP contribution in [0.4, 0.5) is 5.69 Å². The highest BCUT2D eigenvalue weighted by Crippen LogP contribution is 2.31. The molecule has 3 heterocycles. The molecule has 3 N–H and O–H groups in total. The molecule has 0 spiro atoms. The van der Waals surface area contributed by atoms with Crippen LogP contribution in [-0.4, -0.2) is 24.6 Å². The minimum atomic E-state index is 0.537. The minimum Gasteiger partial charge on any atom is -0.396 e. The van der Waals surface area contributed by atoms with Crippen molar-refractivity contribution in [2.75, 3.05) is 5.73 Å². The lowest BCUT2D eigenvalue weighted by Crippen LogP contribution is -2.01. The highest BCUT2D eigenvalue weighted by atomic mass is 15.3. The number of nitrogen functional groups attached to an aromatic ring is 1. The fourth-order valence-corrected chi connectivity index (χ4v) is 2.33. The zero-order chi connectivity index (χ0) is 12.8. The molecular weight excluding hydrogens is 240 g/mol. The Kier molecular flexibility index (Phi) is 1.88. The van der Waals surface area contributed by atoms with Crippen molar-refractivity contribution in [1.29, 1.82) is 0 Å². The van der Waals surface area contributed by atoms with Gasteiger partial charge in [-0.3, -0.25) is 0 Å². The predicted octanol–water partition coefficient (Wildman–Crippen LogP) is 1.85. The SMILES string of the molecule is Nc1cnc2ncnn2c1-c1c[nH]c2ccccc12. The molecule has 4 aromatic rings. The van der Waals surface area contributed by atoms with Crippen molar-refractivity contribution in [1.82, 2.24) is 24.6 Å². The summed E-state index contributed by atoms with van der Waals surface area (Å²) in [7, 11) is 0. The first-order valence-electron chi connectivity index (χ1n) is 5.85. The first-order valence-corrected chi connectivity index (χ1v) is 5.85. The highest BCUT2D eigenvalue weighted by molar-refractivity contribution is 5.97. The van der Waals surface area contributed by atoms with E-state index in [0.29, 0.717) is 11.5 Å². The molecule has 0 unspecified atom stereocenters. The molecule has 3 aromatic heterocycles. The number of benzene rings is 1. The van der Waals surface area contributed by atoms with Crippen molar-refractivity contribution < 1.29 is 0 Å². The molecule has 0 bridgehead atoms. The van der Waals surface area contributed by atoms with Crippen LogP contribution in [0.2, 0.25) is 0 Å². The molecule has 6 nitrogen and oxygen atoms in total. The number of hydrogen-bond acceptors (Lipinski definition) is 4. The maximum Gasteiger partial charge on any atom is 0.252 e. The Morgan fingerprint density at radius 1 is 1.16 bits per heavy atom. The van der Waals surface area contributed by atoms with Gasteiger partial charge in [-0.2, -0.15) is 14.6 Å². The third kappa shape index (κ3) is 1.33. The molecule has 19 heavy (non-hydrogen) atoms. The van der Waals surface area contributed by atoms with E-state index in [2.05, 4.69) is 20.1 Å². The number of hydrogen-bond donors (Lipinski definition) is 2. The van der Waals surface area contributed by atoms with Gasteiger partial charge >= 0.3 is 0 Å². The normalized spacial score (nSPS) is 11.4. The minimum absolute atomic E-state index is 0.537. The van der Waals surface area contributed by atoms with Crippen molar-refractivity contribution in [3.8, 4) is 11.3 Å². The van der Waals surface area contributed by atoms with Crippen molar-refractivity contribution in [3.63, 3.8) is 0 Å². The Morgan fingerprint density at radius 3 is 3.00 bits per heavy atom. The molecule has 0 aliphatic rings. The van der Waals surface area contributed by atoms with Crippen LogP contribution in [0.1, 0.15) is 0 Å². The summed E-state index contributed by atoms with van der Waals surface area (Å²) in [6.07, 6.45) is 5.01. The van der Waals surface area contributed by atoms with Crippen molar-refractivity contribution in [3.05, 3.63) is 43.0 Å². The monoisotopic (exact) mass is 250 g/mol. The summed E-state index contributed by atoms with van der Waals surface area (Å²) in [6.45, 7) is 0. The van der Waals surface area contributed by atoms with Gasteiger partial charge in [0.15, 0.2) is 0 Å². The van der Waals surface area contributed by atoms with Gasteiger partial charge in [-0.15, -0.1) is 0 Å². The van der Waals surface area contributed by atoms with Crippen LogP contribution in [0.5, 0.6) is 0 Å². The van der Waals surface area contributed by atoms with Crippen LogP contribution in [0.3, 0.4) is 0 Å². The Bertz CT molecular complexity index is 888. The predicted molar refractivity (Wildman–Crippen MR) is 72.5 cm³/mol. The number of nitrogens with zero attached hydrogens (tertiary/aromatic N) is 4. The second-order valence-electron chi connectivity index (χ2n) is 4.28. The van der Waals surface area contributed by atoms with Gasteiger partial charge in [-0.25, -0.2) is 4.98 Å². The molecule has 0 saturated heterocycles. The molecule has 0 atom stereocenters. The summed E-state index contributed by atoms with van der Waals surface area (Å²) in [4.78, 5) is 11.5. The topological polar surface area (TPSA) is 84.9 Å². The maximum atomic E-state index is 6.06. The lowest BCUT2D eigenvalue weighted by atomic mass is 10.1. The van der Waals surface area contributed by atoms with Crippen LogP contribution in [-0.2, 0) is 0 Å². The standard InChI is InChI=1S/C13H10N6/c14-10-6-16-13-17-7-18-19(13)12(10)9-5-15-11-4-2-1-3-8(9)11/h1-7,15H,14H2. The van der Waals surface area contributed by atoms with Crippen LogP contribution in [0.25, 0.3) is 27.9 Å². The molecule has 92 valence electrons. The smallest absolute Gasteiger partial charge is 0.252 e. The van der Waals surface area contributed by atoms with E-state index in [1.807, 2.05) is 30.5 Å².